The highest BCUT2D eigenvalue weighted by atomic mass is 32.1. The molecular formula is C15H11NO3S. The van der Waals surface area contributed by atoms with Crippen molar-refractivity contribution in [1.82, 2.24) is 4.98 Å². The number of hydrogen-bond donors (Lipinski definition) is 1. The Morgan fingerprint density at radius 1 is 1.25 bits per heavy atom. The number of benzene rings is 2. The average molecular weight is 285 g/mol. The fourth-order valence-electron chi connectivity index (χ4n) is 2.02. The van der Waals surface area contributed by atoms with E-state index >= 15 is 0 Å². The topological polar surface area (TPSA) is 59.4 Å². The number of rotatable bonds is 4. The molecule has 0 spiro atoms. The Morgan fingerprint density at radius 2 is 2.10 bits per heavy atom. The molecular weight excluding hydrogens is 274 g/mol. The minimum absolute atomic E-state index is 0.174. The Bertz CT molecular complexity index is 753. The van der Waals surface area contributed by atoms with Crippen molar-refractivity contribution in [2.24, 2.45) is 0 Å². The maximum atomic E-state index is 11.3. The van der Waals surface area contributed by atoms with Gasteiger partial charge in [0.05, 0.1) is 10.4 Å². The van der Waals surface area contributed by atoms with Crippen molar-refractivity contribution < 1.29 is 14.6 Å². The zero-order valence-electron chi connectivity index (χ0n) is 10.4. The van der Waals surface area contributed by atoms with Gasteiger partial charge in [-0.1, -0.05) is 30.3 Å². The monoisotopic (exact) mass is 285 g/mol. The molecule has 0 bridgehead atoms. The summed E-state index contributed by atoms with van der Waals surface area (Å²) >= 11 is 1.48. The first-order valence-electron chi connectivity index (χ1n) is 6.01. The third-order valence-electron chi connectivity index (χ3n) is 2.95. The van der Waals surface area contributed by atoms with Gasteiger partial charge in [-0.25, -0.2) is 4.79 Å². The van der Waals surface area contributed by atoms with E-state index < -0.39 is 5.97 Å². The van der Waals surface area contributed by atoms with E-state index in [1.54, 1.807) is 23.8 Å². The van der Waals surface area contributed by atoms with Gasteiger partial charge in [-0.15, -0.1) is 11.3 Å². The summed E-state index contributed by atoms with van der Waals surface area (Å²) in [7, 11) is 0. The summed E-state index contributed by atoms with van der Waals surface area (Å²) in [5, 5.41) is 11.1. The number of carboxylic acids is 1. The Labute approximate surface area is 119 Å². The zero-order chi connectivity index (χ0) is 13.9. The molecule has 0 aliphatic heterocycles. The van der Waals surface area contributed by atoms with Crippen LogP contribution >= 0.6 is 11.3 Å². The maximum Gasteiger partial charge on any atom is 0.339 e. The van der Waals surface area contributed by atoms with Crippen molar-refractivity contribution in [2.75, 3.05) is 0 Å². The number of hydrogen-bond acceptors (Lipinski definition) is 4. The SMILES string of the molecule is O=C(O)c1ccc2ccccc2c1OCc1cncs1. The standard InChI is InChI=1S/C15H11NO3S/c17-15(18)13-6-5-10-3-1-2-4-12(10)14(13)19-8-11-7-16-9-20-11/h1-7,9H,8H2,(H,17,18). The predicted molar refractivity (Wildman–Crippen MR) is 77.4 cm³/mol. The lowest BCUT2D eigenvalue weighted by Crippen LogP contribution is -2.03. The highest BCUT2D eigenvalue weighted by Gasteiger charge is 2.15. The summed E-state index contributed by atoms with van der Waals surface area (Å²) in [4.78, 5) is 16.3. The molecule has 0 unspecified atom stereocenters. The molecule has 100 valence electrons. The van der Waals surface area contributed by atoms with Crippen molar-refractivity contribution >= 4 is 28.1 Å². The molecule has 4 nitrogen and oxygen atoms in total. The van der Waals surface area contributed by atoms with E-state index in [1.807, 2.05) is 24.3 Å². The molecule has 1 N–H and O–H groups in total. The molecule has 3 rings (SSSR count). The predicted octanol–water partition coefficient (Wildman–Crippen LogP) is 3.57. The summed E-state index contributed by atoms with van der Waals surface area (Å²) in [5.41, 5.74) is 1.90. The average Bonchev–Trinajstić information content (AvgIpc) is 2.97. The zero-order valence-corrected chi connectivity index (χ0v) is 11.3. The molecule has 0 aliphatic carbocycles. The van der Waals surface area contributed by atoms with E-state index in [0.29, 0.717) is 12.4 Å². The van der Waals surface area contributed by atoms with E-state index in [1.165, 1.54) is 11.3 Å². The fourth-order valence-corrected chi connectivity index (χ4v) is 2.53. The number of thiazole rings is 1. The third-order valence-corrected chi connectivity index (χ3v) is 3.71. The number of ether oxygens (including phenoxy) is 1. The molecule has 0 atom stereocenters. The van der Waals surface area contributed by atoms with Crippen LogP contribution in [0.15, 0.2) is 48.1 Å². The van der Waals surface area contributed by atoms with Gasteiger partial charge in [0, 0.05) is 11.6 Å². The van der Waals surface area contributed by atoms with Crippen LogP contribution in [-0.2, 0) is 6.61 Å². The van der Waals surface area contributed by atoms with E-state index in [9.17, 15) is 9.90 Å². The fraction of sp³-hybridized carbons (Fsp3) is 0.0667. The van der Waals surface area contributed by atoms with Gasteiger partial charge in [0.25, 0.3) is 0 Å². The van der Waals surface area contributed by atoms with E-state index in [0.717, 1.165) is 15.6 Å². The summed E-state index contributed by atoms with van der Waals surface area (Å²) < 4.78 is 5.75. The van der Waals surface area contributed by atoms with Gasteiger partial charge >= 0.3 is 5.97 Å². The van der Waals surface area contributed by atoms with Crippen molar-refractivity contribution in [3.8, 4) is 5.75 Å². The Hall–Kier alpha value is -2.40. The second kappa shape index (κ2) is 5.30. The van der Waals surface area contributed by atoms with E-state index in [2.05, 4.69) is 4.98 Å². The van der Waals surface area contributed by atoms with Crippen LogP contribution in [-0.4, -0.2) is 16.1 Å². The summed E-state index contributed by atoms with van der Waals surface area (Å²) in [6.07, 6.45) is 1.72. The Morgan fingerprint density at radius 3 is 2.85 bits per heavy atom. The minimum atomic E-state index is -0.991. The van der Waals surface area contributed by atoms with Crippen LogP contribution in [0.5, 0.6) is 5.75 Å². The van der Waals surface area contributed by atoms with Crippen molar-refractivity contribution in [3.05, 3.63) is 58.5 Å². The number of fused-ring (bicyclic) bond motifs is 1. The molecule has 3 aromatic rings. The molecule has 1 heterocycles. The largest absolute Gasteiger partial charge is 0.486 e. The molecule has 0 radical (unpaired) electrons. The molecule has 1 aromatic heterocycles. The van der Waals surface area contributed by atoms with E-state index in [-0.39, 0.29) is 5.56 Å². The van der Waals surface area contributed by atoms with Crippen LogP contribution in [0.1, 0.15) is 15.2 Å². The lowest BCUT2D eigenvalue weighted by atomic mass is 10.1. The molecule has 20 heavy (non-hydrogen) atoms. The second-order valence-corrected chi connectivity index (χ2v) is 5.20. The lowest BCUT2D eigenvalue weighted by molar-refractivity contribution is 0.0692. The first kappa shape index (κ1) is 12.6. The first-order chi connectivity index (χ1) is 9.75. The highest BCUT2D eigenvalue weighted by molar-refractivity contribution is 7.09. The summed E-state index contributed by atoms with van der Waals surface area (Å²) in [6, 6.07) is 10.9. The first-order valence-corrected chi connectivity index (χ1v) is 6.89. The minimum Gasteiger partial charge on any atom is -0.486 e. The van der Waals surface area contributed by atoms with Gasteiger partial charge in [0.15, 0.2) is 0 Å². The quantitative estimate of drug-likeness (QED) is 0.796. The van der Waals surface area contributed by atoms with Crippen molar-refractivity contribution in [2.45, 2.75) is 6.61 Å². The normalized spacial score (nSPS) is 10.6. The second-order valence-electron chi connectivity index (χ2n) is 4.22. The Kier molecular flexibility index (Phi) is 3.35. The van der Waals surface area contributed by atoms with Gasteiger partial charge in [-0.05, 0) is 11.5 Å². The van der Waals surface area contributed by atoms with Gasteiger partial charge in [0.1, 0.15) is 17.9 Å². The van der Waals surface area contributed by atoms with Gasteiger partial charge in [0.2, 0.25) is 0 Å². The Balaban J connectivity index is 2.05. The van der Waals surface area contributed by atoms with Crippen LogP contribution in [0.3, 0.4) is 0 Å². The molecule has 0 aliphatic rings. The van der Waals surface area contributed by atoms with Crippen LogP contribution in [0, 0.1) is 0 Å². The van der Waals surface area contributed by atoms with Gasteiger partial charge < -0.3 is 9.84 Å². The van der Waals surface area contributed by atoms with Gasteiger partial charge in [-0.3, -0.25) is 4.98 Å². The number of carbonyl (C=O) groups is 1. The van der Waals surface area contributed by atoms with Crippen molar-refractivity contribution in [3.63, 3.8) is 0 Å². The highest BCUT2D eigenvalue weighted by Crippen LogP contribution is 2.30. The van der Waals surface area contributed by atoms with Crippen molar-refractivity contribution in [1.29, 1.82) is 0 Å². The van der Waals surface area contributed by atoms with E-state index in [4.69, 9.17) is 4.74 Å². The number of nitrogens with zero attached hydrogens (tertiary/aromatic N) is 1. The molecule has 0 amide bonds. The smallest absolute Gasteiger partial charge is 0.339 e. The summed E-state index contributed by atoms with van der Waals surface area (Å²) in [6.45, 7) is 0.318. The maximum absolute atomic E-state index is 11.3. The summed E-state index contributed by atoms with van der Waals surface area (Å²) in [5.74, 6) is -0.584. The number of carboxylic acid groups (broad SMARTS) is 1. The molecule has 0 saturated heterocycles. The molecule has 0 saturated carbocycles. The molecule has 0 fully saturated rings. The molecule has 2 aromatic carbocycles. The van der Waals surface area contributed by atoms with Crippen LogP contribution in [0.25, 0.3) is 10.8 Å². The van der Waals surface area contributed by atoms with Crippen LogP contribution in [0.2, 0.25) is 0 Å². The number of aromatic nitrogens is 1. The third kappa shape index (κ3) is 2.35. The van der Waals surface area contributed by atoms with Gasteiger partial charge in [-0.2, -0.15) is 0 Å². The number of aromatic carboxylic acids is 1. The van der Waals surface area contributed by atoms with Crippen LogP contribution < -0.4 is 4.74 Å². The lowest BCUT2D eigenvalue weighted by Gasteiger charge is -2.11. The van der Waals surface area contributed by atoms with Crippen LogP contribution in [0.4, 0.5) is 0 Å². The molecule has 5 heteroatoms.